The standard InChI is InChI=1S/C9H15N3OS.ClH/c1-5-7(14-6(2)11-5)12-8(13)9(3,4)10;/h10H2,1-4H3,(H,12,13);1H. The van der Waals surface area contributed by atoms with Gasteiger partial charge in [0, 0.05) is 0 Å². The summed E-state index contributed by atoms with van der Waals surface area (Å²) in [5.41, 5.74) is 5.64. The van der Waals surface area contributed by atoms with Crippen LogP contribution in [0.5, 0.6) is 0 Å². The maximum atomic E-state index is 11.5. The van der Waals surface area contributed by atoms with Crippen LogP contribution in [0.4, 0.5) is 5.00 Å². The van der Waals surface area contributed by atoms with Crippen molar-refractivity contribution in [3.8, 4) is 0 Å². The van der Waals surface area contributed by atoms with Gasteiger partial charge in [-0.25, -0.2) is 4.98 Å². The van der Waals surface area contributed by atoms with Crippen LogP contribution in [0.1, 0.15) is 24.5 Å². The molecule has 86 valence electrons. The molecule has 3 N–H and O–H groups in total. The molecule has 0 unspecified atom stereocenters. The first-order valence-corrected chi connectivity index (χ1v) is 5.16. The summed E-state index contributed by atoms with van der Waals surface area (Å²) in [6, 6.07) is 0. The normalized spacial score (nSPS) is 10.7. The van der Waals surface area contributed by atoms with E-state index in [0.717, 1.165) is 15.7 Å². The number of halogens is 1. The van der Waals surface area contributed by atoms with Crippen LogP contribution >= 0.6 is 23.7 Å². The molecule has 0 aliphatic carbocycles. The molecule has 0 bridgehead atoms. The number of anilines is 1. The molecule has 1 heterocycles. The molecule has 1 rings (SSSR count). The van der Waals surface area contributed by atoms with Gasteiger partial charge in [0.25, 0.3) is 0 Å². The summed E-state index contributed by atoms with van der Waals surface area (Å²) in [5.74, 6) is -0.191. The number of aromatic nitrogens is 1. The highest BCUT2D eigenvalue weighted by atomic mass is 35.5. The van der Waals surface area contributed by atoms with Gasteiger partial charge in [-0.1, -0.05) is 0 Å². The number of thiazole rings is 1. The molecule has 0 fully saturated rings. The van der Waals surface area contributed by atoms with Gasteiger partial charge in [-0.15, -0.1) is 23.7 Å². The van der Waals surface area contributed by atoms with E-state index in [1.807, 2.05) is 13.8 Å². The maximum Gasteiger partial charge on any atom is 0.244 e. The minimum absolute atomic E-state index is 0. The van der Waals surface area contributed by atoms with E-state index in [2.05, 4.69) is 10.3 Å². The second-order valence-electron chi connectivity index (χ2n) is 3.82. The van der Waals surface area contributed by atoms with Gasteiger partial charge >= 0.3 is 0 Å². The minimum atomic E-state index is -0.857. The van der Waals surface area contributed by atoms with Crippen molar-refractivity contribution in [3.05, 3.63) is 10.7 Å². The number of nitrogens with two attached hydrogens (primary N) is 1. The van der Waals surface area contributed by atoms with E-state index in [0.29, 0.717) is 0 Å². The third-order valence-electron chi connectivity index (χ3n) is 1.72. The molecule has 0 aliphatic heterocycles. The van der Waals surface area contributed by atoms with E-state index < -0.39 is 5.54 Å². The Morgan fingerprint density at radius 1 is 1.47 bits per heavy atom. The fourth-order valence-corrected chi connectivity index (χ4v) is 1.73. The van der Waals surface area contributed by atoms with Crippen LogP contribution in [0.3, 0.4) is 0 Å². The first-order chi connectivity index (χ1) is 6.30. The van der Waals surface area contributed by atoms with E-state index in [9.17, 15) is 4.79 Å². The average molecular weight is 250 g/mol. The zero-order chi connectivity index (χ0) is 10.9. The van der Waals surface area contributed by atoms with E-state index in [1.165, 1.54) is 11.3 Å². The van der Waals surface area contributed by atoms with Gasteiger partial charge in [0.1, 0.15) is 5.00 Å². The van der Waals surface area contributed by atoms with Gasteiger partial charge in [0.15, 0.2) is 0 Å². The summed E-state index contributed by atoms with van der Waals surface area (Å²) in [5, 5.41) is 4.48. The van der Waals surface area contributed by atoms with Crippen LogP contribution in [-0.2, 0) is 4.79 Å². The smallest absolute Gasteiger partial charge is 0.244 e. The maximum absolute atomic E-state index is 11.5. The first kappa shape index (κ1) is 14.3. The van der Waals surface area contributed by atoms with Crippen molar-refractivity contribution in [2.24, 2.45) is 5.73 Å². The SMILES string of the molecule is Cc1nc(C)c(NC(=O)C(C)(C)N)s1.Cl. The third kappa shape index (κ3) is 3.77. The fraction of sp³-hybridized carbons (Fsp3) is 0.556. The number of rotatable bonds is 2. The average Bonchev–Trinajstić information content (AvgIpc) is 2.28. The molecule has 0 radical (unpaired) electrons. The number of hydrogen-bond donors (Lipinski definition) is 2. The summed E-state index contributed by atoms with van der Waals surface area (Å²) < 4.78 is 0. The number of nitrogens with zero attached hydrogens (tertiary/aromatic N) is 1. The van der Waals surface area contributed by atoms with E-state index >= 15 is 0 Å². The van der Waals surface area contributed by atoms with Gasteiger partial charge in [0.2, 0.25) is 5.91 Å². The highest BCUT2D eigenvalue weighted by molar-refractivity contribution is 7.16. The lowest BCUT2D eigenvalue weighted by atomic mass is 10.1. The zero-order valence-electron chi connectivity index (χ0n) is 9.25. The molecule has 15 heavy (non-hydrogen) atoms. The number of aryl methyl sites for hydroxylation is 2. The Morgan fingerprint density at radius 2 is 2.00 bits per heavy atom. The van der Waals surface area contributed by atoms with Crippen molar-refractivity contribution in [1.82, 2.24) is 4.98 Å². The second kappa shape index (κ2) is 4.92. The summed E-state index contributed by atoms with van der Waals surface area (Å²) in [6.07, 6.45) is 0. The molecular formula is C9H16ClN3OS. The molecule has 1 aromatic heterocycles. The molecule has 0 spiro atoms. The number of hydrogen-bond acceptors (Lipinski definition) is 4. The van der Waals surface area contributed by atoms with Crippen molar-refractivity contribution < 1.29 is 4.79 Å². The highest BCUT2D eigenvalue weighted by Gasteiger charge is 2.23. The van der Waals surface area contributed by atoms with Gasteiger partial charge in [-0.3, -0.25) is 4.79 Å². The molecule has 0 aromatic carbocycles. The highest BCUT2D eigenvalue weighted by Crippen LogP contribution is 2.23. The quantitative estimate of drug-likeness (QED) is 0.841. The molecule has 0 saturated heterocycles. The molecular weight excluding hydrogens is 234 g/mol. The zero-order valence-corrected chi connectivity index (χ0v) is 10.9. The lowest BCUT2D eigenvalue weighted by Gasteiger charge is -2.16. The Hall–Kier alpha value is -0.650. The first-order valence-electron chi connectivity index (χ1n) is 4.35. The Balaban J connectivity index is 0.00000196. The lowest BCUT2D eigenvalue weighted by Crippen LogP contribution is -2.45. The van der Waals surface area contributed by atoms with Crippen molar-refractivity contribution in [2.45, 2.75) is 33.2 Å². The molecule has 4 nitrogen and oxygen atoms in total. The topological polar surface area (TPSA) is 68.0 Å². The van der Waals surface area contributed by atoms with Crippen molar-refractivity contribution in [3.63, 3.8) is 0 Å². The van der Waals surface area contributed by atoms with Crippen molar-refractivity contribution in [2.75, 3.05) is 5.32 Å². The van der Waals surface area contributed by atoms with E-state index in [4.69, 9.17) is 5.73 Å². The lowest BCUT2D eigenvalue weighted by molar-refractivity contribution is -0.120. The van der Waals surface area contributed by atoms with Crippen LogP contribution in [-0.4, -0.2) is 16.4 Å². The fourth-order valence-electron chi connectivity index (χ4n) is 0.911. The molecule has 0 saturated carbocycles. The van der Waals surface area contributed by atoms with Crippen molar-refractivity contribution in [1.29, 1.82) is 0 Å². The molecule has 0 aliphatic rings. The predicted molar refractivity (Wildman–Crippen MR) is 65.7 cm³/mol. The molecule has 0 atom stereocenters. The summed E-state index contributed by atoms with van der Waals surface area (Å²) in [4.78, 5) is 15.7. The van der Waals surface area contributed by atoms with E-state index in [-0.39, 0.29) is 18.3 Å². The van der Waals surface area contributed by atoms with E-state index in [1.54, 1.807) is 13.8 Å². The Labute approximate surface area is 99.7 Å². The number of carbonyl (C=O) groups is 1. The van der Waals surface area contributed by atoms with Gasteiger partial charge in [-0.05, 0) is 27.7 Å². The van der Waals surface area contributed by atoms with Crippen LogP contribution in [0.15, 0.2) is 0 Å². The monoisotopic (exact) mass is 249 g/mol. The summed E-state index contributed by atoms with van der Waals surface area (Å²) >= 11 is 1.46. The number of amides is 1. The summed E-state index contributed by atoms with van der Waals surface area (Å²) in [6.45, 7) is 7.11. The summed E-state index contributed by atoms with van der Waals surface area (Å²) in [7, 11) is 0. The third-order valence-corrected chi connectivity index (χ3v) is 2.70. The van der Waals surface area contributed by atoms with Crippen LogP contribution in [0.25, 0.3) is 0 Å². The van der Waals surface area contributed by atoms with Gasteiger partial charge in [-0.2, -0.15) is 0 Å². The molecule has 1 aromatic rings. The van der Waals surface area contributed by atoms with Gasteiger partial charge < -0.3 is 11.1 Å². The van der Waals surface area contributed by atoms with Gasteiger partial charge in [0.05, 0.1) is 16.2 Å². The van der Waals surface area contributed by atoms with Crippen LogP contribution < -0.4 is 11.1 Å². The Morgan fingerprint density at radius 3 is 2.33 bits per heavy atom. The molecule has 1 amide bonds. The Kier molecular flexibility index (Phi) is 4.70. The van der Waals surface area contributed by atoms with Crippen LogP contribution in [0, 0.1) is 13.8 Å². The Bertz CT molecular complexity index is 357. The number of carbonyl (C=O) groups excluding carboxylic acids is 1. The van der Waals surface area contributed by atoms with Crippen LogP contribution in [0.2, 0.25) is 0 Å². The largest absolute Gasteiger partial charge is 0.318 e. The molecule has 6 heteroatoms. The number of nitrogens with one attached hydrogen (secondary N) is 1. The van der Waals surface area contributed by atoms with Crippen molar-refractivity contribution >= 4 is 34.7 Å². The second-order valence-corrected chi connectivity index (χ2v) is 5.03. The minimum Gasteiger partial charge on any atom is -0.318 e. The predicted octanol–water partition coefficient (Wildman–Crippen LogP) is 1.86.